The Morgan fingerprint density at radius 1 is 1.13 bits per heavy atom. The summed E-state index contributed by atoms with van der Waals surface area (Å²) in [5.41, 5.74) is 2.02. The van der Waals surface area contributed by atoms with Gasteiger partial charge < -0.3 is 10.4 Å². The van der Waals surface area contributed by atoms with Crippen molar-refractivity contribution in [2.24, 2.45) is 4.99 Å². The molecule has 0 unspecified atom stereocenters. The van der Waals surface area contributed by atoms with E-state index < -0.39 is 23.4 Å². The first kappa shape index (κ1) is 28.5. The van der Waals surface area contributed by atoms with Crippen LogP contribution in [0.25, 0.3) is 0 Å². The molecule has 3 aromatic carbocycles. The molecule has 0 aliphatic carbocycles. The molecule has 4 rings (SSSR count). The summed E-state index contributed by atoms with van der Waals surface area (Å²) in [5.74, 6) is -1.57. The van der Waals surface area contributed by atoms with Gasteiger partial charge in [-0.1, -0.05) is 67.1 Å². The van der Waals surface area contributed by atoms with Crippen molar-refractivity contribution < 1.29 is 19.1 Å². The number of benzene rings is 3. The Balaban J connectivity index is 1.80. The molecule has 2 N–H and O–H groups in total. The van der Waals surface area contributed by atoms with E-state index in [2.05, 4.69) is 10.2 Å². The lowest BCUT2D eigenvalue weighted by Gasteiger charge is -2.33. The van der Waals surface area contributed by atoms with Gasteiger partial charge in [-0.15, -0.1) is 0 Å². The van der Waals surface area contributed by atoms with Crippen LogP contribution in [0.1, 0.15) is 49.8 Å². The van der Waals surface area contributed by atoms with Crippen molar-refractivity contribution in [1.82, 2.24) is 4.90 Å². The Bertz CT molecular complexity index is 1360. The van der Waals surface area contributed by atoms with E-state index in [4.69, 9.17) is 16.6 Å². The van der Waals surface area contributed by atoms with E-state index in [1.165, 1.54) is 6.07 Å². The van der Waals surface area contributed by atoms with Crippen LogP contribution in [0.5, 0.6) is 0 Å². The number of likely N-dealkylation sites (N-methyl/N-ethyl adjacent to an activating group) is 1. The molecule has 0 aromatic heterocycles. The summed E-state index contributed by atoms with van der Waals surface area (Å²) >= 11 is 6.44. The predicted molar refractivity (Wildman–Crippen MR) is 153 cm³/mol. The first-order valence-corrected chi connectivity index (χ1v) is 13.5. The van der Waals surface area contributed by atoms with E-state index in [1.807, 2.05) is 44.2 Å². The third-order valence-corrected chi connectivity index (χ3v) is 7.56. The number of aliphatic carboxylic acids is 1. The lowest BCUT2D eigenvalue weighted by Crippen LogP contribution is -2.50. The largest absolute Gasteiger partial charge is 0.481 e. The normalized spacial score (nSPS) is 18.6. The van der Waals surface area contributed by atoms with Crippen LogP contribution >= 0.6 is 11.6 Å². The van der Waals surface area contributed by atoms with Gasteiger partial charge in [0.1, 0.15) is 5.82 Å². The molecule has 8 heteroatoms. The molecular weight excluding hydrogens is 517 g/mol. The number of carbonyl (C=O) groups is 2. The number of carboxylic acids is 1. The minimum atomic E-state index is -1.04. The topological polar surface area (TPSA) is 82.0 Å². The van der Waals surface area contributed by atoms with Crippen molar-refractivity contribution in [2.75, 3.05) is 18.4 Å². The van der Waals surface area contributed by atoms with Crippen molar-refractivity contribution >= 4 is 34.9 Å². The first-order chi connectivity index (χ1) is 18.7. The SMILES string of the molecule is CCN1CCC[C@]1(C)C(=O)Nc1ccc(Cl)cc1C(=N[C@@H](CC(=O)O)Cc1ccccc1F)c1ccccc1. The van der Waals surface area contributed by atoms with Crippen LogP contribution in [-0.4, -0.2) is 52.3 Å². The molecule has 2 atom stereocenters. The van der Waals surface area contributed by atoms with Crippen molar-refractivity contribution in [2.45, 2.75) is 51.1 Å². The molecule has 0 saturated carbocycles. The molecule has 0 radical (unpaired) electrons. The zero-order chi connectivity index (χ0) is 28.0. The molecule has 0 bridgehead atoms. The Morgan fingerprint density at radius 2 is 1.85 bits per heavy atom. The Kier molecular flexibility index (Phi) is 9.15. The number of rotatable bonds is 10. The maximum absolute atomic E-state index is 14.5. The molecule has 1 aliphatic rings. The van der Waals surface area contributed by atoms with E-state index in [-0.39, 0.29) is 18.7 Å². The second-order valence-electron chi connectivity index (χ2n) is 9.99. The van der Waals surface area contributed by atoms with Crippen LogP contribution in [-0.2, 0) is 16.0 Å². The highest BCUT2D eigenvalue weighted by Crippen LogP contribution is 2.32. The highest BCUT2D eigenvalue weighted by molar-refractivity contribution is 6.31. The number of aliphatic imine (C=N–C) groups is 1. The number of carbonyl (C=O) groups excluding carboxylic acids is 1. The Hall–Kier alpha value is -3.55. The quantitative estimate of drug-likeness (QED) is 0.294. The second kappa shape index (κ2) is 12.5. The number of carboxylic acid groups (broad SMARTS) is 1. The summed E-state index contributed by atoms with van der Waals surface area (Å²) in [7, 11) is 0. The lowest BCUT2D eigenvalue weighted by molar-refractivity contribution is -0.137. The molecule has 0 spiro atoms. The maximum atomic E-state index is 14.5. The average molecular weight is 550 g/mol. The van der Waals surface area contributed by atoms with E-state index in [9.17, 15) is 19.1 Å². The summed E-state index contributed by atoms with van der Waals surface area (Å²) in [6.45, 7) is 5.62. The van der Waals surface area contributed by atoms with E-state index >= 15 is 0 Å². The number of halogens is 2. The maximum Gasteiger partial charge on any atom is 0.305 e. The minimum Gasteiger partial charge on any atom is -0.481 e. The highest BCUT2D eigenvalue weighted by Gasteiger charge is 2.42. The number of anilines is 1. The van der Waals surface area contributed by atoms with Crippen LogP contribution in [0.15, 0.2) is 77.8 Å². The third kappa shape index (κ3) is 6.72. The predicted octanol–water partition coefficient (Wildman–Crippen LogP) is 6.22. The van der Waals surface area contributed by atoms with Crippen molar-refractivity contribution in [1.29, 1.82) is 0 Å². The number of hydrogen-bond donors (Lipinski definition) is 2. The van der Waals surface area contributed by atoms with Crippen molar-refractivity contribution in [3.05, 3.63) is 100 Å². The van der Waals surface area contributed by atoms with Crippen molar-refractivity contribution in [3.63, 3.8) is 0 Å². The first-order valence-electron chi connectivity index (χ1n) is 13.2. The molecule has 39 heavy (non-hydrogen) atoms. The van der Waals surface area contributed by atoms with Crippen LogP contribution in [0.4, 0.5) is 10.1 Å². The summed E-state index contributed by atoms with van der Waals surface area (Å²) in [5, 5.41) is 13.2. The van der Waals surface area contributed by atoms with E-state index in [0.717, 1.165) is 31.5 Å². The van der Waals surface area contributed by atoms with Gasteiger partial charge in [0.25, 0.3) is 0 Å². The molecule has 1 heterocycles. The standard InChI is InChI=1S/C31H33ClFN3O3/c1-3-36-17-9-16-31(36,2)30(39)35-27-15-14-23(32)19-25(27)29(21-10-5-4-6-11-21)34-24(20-28(37)38)18-22-12-7-8-13-26(22)33/h4-8,10-15,19,24H,3,9,16-18,20H2,1-2H3,(H,35,39)(H,37,38)/t24-,31-/m1/s1. The summed E-state index contributed by atoms with van der Waals surface area (Å²) in [6.07, 6.45) is 1.49. The fraction of sp³-hybridized carbons (Fsp3) is 0.323. The Morgan fingerprint density at radius 3 is 2.54 bits per heavy atom. The van der Waals surface area contributed by atoms with Gasteiger partial charge in [0, 0.05) is 16.1 Å². The monoisotopic (exact) mass is 549 g/mol. The van der Waals surface area contributed by atoms with E-state index in [1.54, 1.807) is 36.4 Å². The lowest BCUT2D eigenvalue weighted by atomic mass is 9.95. The summed E-state index contributed by atoms with van der Waals surface area (Å²) in [4.78, 5) is 32.5. The minimum absolute atomic E-state index is 0.0983. The fourth-order valence-corrected chi connectivity index (χ4v) is 5.39. The number of hydrogen-bond acceptors (Lipinski definition) is 4. The van der Waals surface area contributed by atoms with Crippen molar-refractivity contribution in [3.8, 4) is 0 Å². The van der Waals surface area contributed by atoms with Gasteiger partial charge in [-0.2, -0.15) is 0 Å². The molecule has 1 saturated heterocycles. The molecule has 1 amide bonds. The van der Waals surface area contributed by atoms with Gasteiger partial charge in [-0.3, -0.25) is 19.5 Å². The number of likely N-dealkylation sites (tertiary alicyclic amines) is 1. The van der Waals surface area contributed by atoms with Crippen LogP contribution < -0.4 is 5.32 Å². The number of amides is 1. The smallest absolute Gasteiger partial charge is 0.305 e. The third-order valence-electron chi connectivity index (χ3n) is 7.33. The van der Waals surface area contributed by atoms with Crippen LogP contribution in [0, 0.1) is 5.82 Å². The second-order valence-corrected chi connectivity index (χ2v) is 10.4. The van der Waals surface area contributed by atoms with Gasteiger partial charge in [-0.25, -0.2) is 4.39 Å². The van der Waals surface area contributed by atoms with Crippen LogP contribution in [0.3, 0.4) is 0 Å². The van der Waals surface area contributed by atoms with Gasteiger partial charge in [-0.05, 0) is 69.1 Å². The molecular formula is C31H33ClFN3O3. The Labute approximate surface area is 233 Å². The molecule has 1 aliphatic heterocycles. The number of nitrogens with zero attached hydrogens (tertiary/aromatic N) is 2. The molecule has 1 fully saturated rings. The number of nitrogens with one attached hydrogen (secondary N) is 1. The highest BCUT2D eigenvalue weighted by atomic mass is 35.5. The zero-order valence-electron chi connectivity index (χ0n) is 22.2. The average Bonchev–Trinajstić information content (AvgIpc) is 3.31. The van der Waals surface area contributed by atoms with Gasteiger partial charge in [0.15, 0.2) is 0 Å². The van der Waals surface area contributed by atoms with Gasteiger partial charge in [0.05, 0.1) is 29.4 Å². The molecule has 3 aromatic rings. The fourth-order valence-electron chi connectivity index (χ4n) is 5.22. The van der Waals surface area contributed by atoms with Crippen LogP contribution in [0.2, 0.25) is 5.02 Å². The van der Waals surface area contributed by atoms with Gasteiger partial charge in [0.2, 0.25) is 5.91 Å². The summed E-state index contributed by atoms with van der Waals surface area (Å²) in [6, 6.07) is 20.0. The van der Waals surface area contributed by atoms with E-state index in [0.29, 0.717) is 27.5 Å². The zero-order valence-corrected chi connectivity index (χ0v) is 22.9. The summed E-state index contributed by atoms with van der Waals surface area (Å²) < 4.78 is 14.5. The molecule has 6 nitrogen and oxygen atoms in total. The molecule has 204 valence electrons. The van der Waals surface area contributed by atoms with Gasteiger partial charge >= 0.3 is 5.97 Å².